The van der Waals surface area contributed by atoms with Crippen molar-refractivity contribution in [1.82, 2.24) is 4.98 Å². The predicted molar refractivity (Wildman–Crippen MR) is 84.0 cm³/mol. The molecule has 0 fully saturated rings. The topological polar surface area (TPSA) is 54.1 Å². The van der Waals surface area contributed by atoms with Gasteiger partial charge in [0.2, 0.25) is 0 Å². The van der Waals surface area contributed by atoms with Crippen LogP contribution in [0.5, 0.6) is 0 Å². The quantitative estimate of drug-likeness (QED) is 0.671. The minimum absolute atomic E-state index is 0.280. The van der Waals surface area contributed by atoms with Gasteiger partial charge in [0.25, 0.3) is 0 Å². The van der Waals surface area contributed by atoms with Gasteiger partial charge in [0.15, 0.2) is 0 Å². The van der Waals surface area contributed by atoms with Crippen LogP contribution in [0.15, 0.2) is 30.3 Å². The minimum atomic E-state index is -0.280. The number of methoxy groups -OCH3 is 1. The first-order valence-corrected chi connectivity index (χ1v) is 7.18. The molecule has 0 atom stereocenters. The molecule has 1 aliphatic rings. The minimum Gasteiger partial charge on any atom is -0.465 e. The maximum atomic E-state index is 12.2. The van der Waals surface area contributed by atoms with Gasteiger partial charge < -0.3 is 15.0 Å². The Balaban J connectivity index is 2.17. The van der Waals surface area contributed by atoms with Crippen LogP contribution in [0.4, 0.5) is 5.69 Å². The van der Waals surface area contributed by atoms with Gasteiger partial charge in [-0.15, -0.1) is 0 Å². The maximum Gasteiger partial charge on any atom is 0.338 e. The van der Waals surface area contributed by atoms with Gasteiger partial charge in [-0.25, -0.2) is 4.79 Å². The van der Waals surface area contributed by atoms with E-state index in [-0.39, 0.29) is 5.97 Å². The van der Waals surface area contributed by atoms with Crippen molar-refractivity contribution in [2.24, 2.45) is 0 Å². The molecule has 2 N–H and O–H groups in total. The highest BCUT2D eigenvalue weighted by Crippen LogP contribution is 2.37. The summed E-state index contributed by atoms with van der Waals surface area (Å²) in [6, 6.07) is 10.0. The van der Waals surface area contributed by atoms with E-state index in [0.29, 0.717) is 5.56 Å². The fourth-order valence-electron chi connectivity index (χ4n) is 3.25. The third kappa shape index (κ3) is 1.72. The molecule has 4 heteroatoms. The van der Waals surface area contributed by atoms with Crippen LogP contribution in [0, 0.1) is 0 Å². The number of anilines is 1. The van der Waals surface area contributed by atoms with Crippen molar-refractivity contribution in [3.05, 3.63) is 41.5 Å². The molecule has 1 aromatic heterocycles. The lowest BCUT2D eigenvalue weighted by Gasteiger charge is -2.20. The summed E-state index contributed by atoms with van der Waals surface area (Å²) in [6.07, 6.45) is 2.07. The van der Waals surface area contributed by atoms with Crippen LogP contribution >= 0.6 is 0 Å². The van der Waals surface area contributed by atoms with Gasteiger partial charge in [0, 0.05) is 22.8 Å². The van der Waals surface area contributed by atoms with Crippen LogP contribution in [0.1, 0.15) is 22.3 Å². The second kappa shape index (κ2) is 4.52. The van der Waals surface area contributed by atoms with Crippen molar-refractivity contribution in [2.75, 3.05) is 19.0 Å². The fourth-order valence-corrected chi connectivity index (χ4v) is 3.25. The molecule has 0 unspecified atom stereocenters. The smallest absolute Gasteiger partial charge is 0.338 e. The van der Waals surface area contributed by atoms with Crippen molar-refractivity contribution in [3.63, 3.8) is 0 Å². The molecule has 1 aliphatic heterocycles. The number of H-pyrrole nitrogens is 1. The zero-order valence-electron chi connectivity index (χ0n) is 11.8. The average Bonchev–Trinajstić information content (AvgIpc) is 2.93. The molecule has 0 saturated carbocycles. The zero-order valence-corrected chi connectivity index (χ0v) is 11.8. The molecule has 2 heterocycles. The van der Waals surface area contributed by atoms with E-state index in [1.807, 2.05) is 30.3 Å². The summed E-state index contributed by atoms with van der Waals surface area (Å²) in [7, 11) is 1.43. The van der Waals surface area contributed by atoms with Crippen LogP contribution < -0.4 is 5.32 Å². The third-order valence-corrected chi connectivity index (χ3v) is 4.20. The highest BCUT2D eigenvalue weighted by atomic mass is 16.5. The lowest BCUT2D eigenvalue weighted by atomic mass is 9.96. The number of carbonyl (C=O) groups is 1. The summed E-state index contributed by atoms with van der Waals surface area (Å²) in [6.45, 7) is 0.967. The Morgan fingerprint density at radius 3 is 3.00 bits per heavy atom. The number of benzene rings is 2. The van der Waals surface area contributed by atoms with Crippen molar-refractivity contribution < 1.29 is 9.53 Å². The molecule has 0 radical (unpaired) electrons. The standard InChI is InChI=1S/C17H16N2O2/c1-21-17(20)12-9-10-5-4-8-18-15(10)16-14(12)11-6-2-3-7-13(11)19-16/h2-3,6-7,9,18-19H,4-5,8H2,1H3. The molecule has 106 valence electrons. The maximum absolute atomic E-state index is 12.2. The van der Waals surface area contributed by atoms with E-state index in [1.165, 1.54) is 12.7 Å². The molecule has 4 nitrogen and oxygen atoms in total. The van der Waals surface area contributed by atoms with Crippen LogP contribution in [-0.4, -0.2) is 24.6 Å². The Morgan fingerprint density at radius 2 is 2.14 bits per heavy atom. The molecular weight excluding hydrogens is 264 g/mol. The number of ether oxygens (including phenoxy) is 1. The predicted octanol–water partition coefficient (Wildman–Crippen LogP) is 3.47. The summed E-state index contributed by atoms with van der Waals surface area (Å²) in [5.41, 5.74) is 5.00. The molecule has 0 spiro atoms. The Hall–Kier alpha value is -2.49. The van der Waals surface area contributed by atoms with Crippen molar-refractivity contribution >= 4 is 33.5 Å². The van der Waals surface area contributed by atoms with Gasteiger partial charge >= 0.3 is 5.97 Å². The first-order chi connectivity index (χ1) is 10.3. The highest BCUT2D eigenvalue weighted by Gasteiger charge is 2.22. The largest absolute Gasteiger partial charge is 0.465 e. The lowest BCUT2D eigenvalue weighted by Crippen LogP contribution is -2.14. The molecule has 0 aliphatic carbocycles. The number of esters is 1. The number of fused-ring (bicyclic) bond motifs is 5. The Bertz CT molecular complexity index is 864. The van der Waals surface area contributed by atoms with E-state index in [1.54, 1.807) is 0 Å². The van der Waals surface area contributed by atoms with Gasteiger partial charge in [-0.2, -0.15) is 0 Å². The molecule has 0 bridgehead atoms. The van der Waals surface area contributed by atoms with E-state index in [0.717, 1.165) is 46.9 Å². The Kier molecular flexibility index (Phi) is 2.64. The number of hydrogen-bond acceptors (Lipinski definition) is 3. The Morgan fingerprint density at radius 1 is 1.29 bits per heavy atom. The number of aromatic amines is 1. The number of carbonyl (C=O) groups excluding carboxylic acids is 1. The van der Waals surface area contributed by atoms with E-state index in [2.05, 4.69) is 10.3 Å². The molecule has 2 aromatic carbocycles. The van der Waals surface area contributed by atoms with Crippen molar-refractivity contribution in [3.8, 4) is 0 Å². The van der Waals surface area contributed by atoms with Crippen molar-refractivity contribution in [2.45, 2.75) is 12.8 Å². The molecule has 21 heavy (non-hydrogen) atoms. The molecular formula is C17H16N2O2. The van der Waals surface area contributed by atoms with Gasteiger partial charge in [-0.05, 0) is 30.5 Å². The zero-order chi connectivity index (χ0) is 14.4. The number of nitrogens with one attached hydrogen (secondary N) is 2. The van der Waals surface area contributed by atoms with Gasteiger partial charge in [0.1, 0.15) is 0 Å². The van der Waals surface area contributed by atoms with E-state index in [4.69, 9.17) is 4.74 Å². The number of aryl methyl sites for hydroxylation is 1. The highest BCUT2D eigenvalue weighted by molar-refractivity contribution is 6.20. The van der Waals surface area contributed by atoms with E-state index >= 15 is 0 Å². The first kappa shape index (κ1) is 12.3. The van der Waals surface area contributed by atoms with Crippen molar-refractivity contribution in [1.29, 1.82) is 0 Å². The molecule has 0 saturated heterocycles. The summed E-state index contributed by atoms with van der Waals surface area (Å²) in [4.78, 5) is 15.7. The fraction of sp³-hybridized carbons (Fsp3) is 0.235. The second-order valence-electron chi connectivity index (χ2n) is 5.40. The van der Waals surface area contributed by atoms with Crippen LogP contribution in [-0.2, 0) is 11.2 Å². The van der Waals surface area contributed by atoms with Gasteiger partial charge in [0.05, 0.1) is 23.9 Å². The van der Waals surface area contributed by atoms with Crippen LogP contribution in [0.2, 0.25) is 0 Å². The number of rotatable bonds is 1. The molecule has 4 rings (SSSR count). The lowest BCUT2D eigenvalue weighted by molar-refractivity contribution is 0.0603. The van der Waals surface area contributed by atoms with Crippen LogP contribution in [0.3, 0.4) is 0 Å². The second-order valence-corrected chi connectivity index (χ2v) is 5.40. The van der Waals surface area contributed by atoms with E-state index < -0.39 is 0 Å². The Labute approximate surface area is 122 Å². The summed E-state index contributed by atoms with van der Waals surface area (Å²) in [5.74, 6) is -0.280. The average molecular weight is 280 g/mol. The normalized spacial score (nSPS) is 14.0. The van der Waals surface area contributed by atoms with Crippen LogP contribution in [0.25, 0.3) is 21.8 Å². The third-order valence-electron chi connectivity index (χ3n) is 4.20. The number of para-hydroxylation sites is 1. The molecule has 3 aromatic rings. The summed E-state index contributed by atoms with van der Waals surface area (Å²) in [5, 5.41) is 5.48. The summed E-state index contributed by atoms with van der Waals surface area (Å²) >= 11 is 0. The van der Waals surface area contributed by atoms with Gasteiger partial charge in [-0.3, -0.25) is 0 Å². The first-order valence-electron chi connectivity index (χ1n) is 7.18. The SMILES string of the molecule is COC(=O)c1cc2c(c3[nH]c4ccccc4c13)NCCC2. The number of aromatic nitrogens is 1. The molecule has 0 amide bonds. The summed E-state index contributed by atoms with van der Waals surface area (Å²) < 4.78 is 4.98. The van der Waals surface area contributed by atoms with Gasteiger partial charge in [-0.1, -0.05) is 18.2 Å². The number of hydrogen-bond donors (Lipinski definition) is 2. The van der Waals surface area contributed by atoms with E-state index in [9.17, 15) is 4.79 Å². The monoisotopic (exact) mass is 280 g/mol.